The van der Waals surface area contributed by atoms with E-state index in [-0.39, 0.29) is 17.5 Å². The molecule has 0 aromatic heterocycles. The first-order valence-corrected chi connectivity index (χ1v) is 12.2. The Bertz CT molecular complexity index is 1440. The van der Waals surface area contributed by atoms with E-state index in [1.54, 1.807) is 36.1 Å². The van der Waals surface area contributed by atoms with E-state index in [0.717, 1.165) is 5.56 Å². The highest BCUT2D eigenvalue weighted by atomic mass is 32.1. The summed E-state index contributed by atoms with van der Waals surface area (Å²) in [6.45, 7) is 2.10. The lowest BCUT2D eigenvalue weighted by Crippen LogP contribution is -2.56. The fourth-order valence-corrected chi connectivity index (χ4v) is 6.46. The van der Waals surface area contributed by atoms with Crippen molar-refractivity contribution in [2.75, 3.05) is 16.8 Å². The molecule has 3 aromatic carbocycles. The molecule has 2 N–H and O–H groups in total. The van der Waals surface area contributed by atoms with E-state index in [4.69, 9.17) is 17.0 Å². The van der Waals surface area contributed by atoms with Gasteiger partial charge in [-0.3, -0.25) is 14.4 Å². The highest BCUT2D eigenvalue weighted by molar-refractivity contribution is 7.80. The molecule has 2 spiro atoms. The molecule has 3 heterocycles. The quantitative estimate of drug-likeness (QED) is 0.424. The van der Waals surface area contributed by atoms with Gasteiger partial charge in [0.2, 0.25) is 5.91 Å². The molecule has 1 saturated heterocycles. The molecular weight excluding hydrogens is 474 g/mol. The number of nitrogens with one attached hydrogen (secondary N) is 2. The van der Waals surface area contributed by atoms with Crippen LogP contribution in [0.5, 0.6) is 0 Å². The second kappa shape index (κ2) is 7.99. The molecule has 3 unspecified atom stereocenters. The van der Waals surface area contributed by atoms with Crippen LogP contribution in [0, 0.1) is 5.92 Å². The van der Waals surface area contributed by atoms with Gasteiger partial charge in [0.1, 0.15) is 11.3 Å². The zero-order valence-electron chi connectivity index (χ0n) is 19.5. The van der Waals surface area contributed by atoms with E-state index in [1.807, 2.05) is 54.6 Å². The van der Waals surface area contributed by atoms with Crippen LogP contribution in [-0.2, 0) is 36.6 Å². The number of benzene rings is 3. The molecule has 0 bridgehead atoms. The first-order valence-electron chi connectivity index (χ1n) is 11.8. The van der Waals surface area contributed by atoms with Crippen LogP contribution in [0.3, 0.4) is 0 Å². The van der Waals surface area contributed by atoms with Gasteiger partial charge in [-0.1, -0.05) is 78.9 Å². The lowest BCUT2D eigenvalue weighted by Gasteiger charge is -2.33. The maximum absolute atomic E-state index is 14.5. The van der Waals surface area contributed by atoms with Crippen LogP contribution in [0.25, 0.3) is 0 Å². The number of fused-ring (bicyclic) bond motifs is 4. The molecule has 7 nitrogen and oxygen atoms in total. The average molecular weight is 498 g/mol. The topological polar surface area (TPSA) is 87.7 Å². The zero-order chi connectivity index (χ0) is 25.1. The number of hydrogen-bond acceptors (Lipinski definition) is 5. The summed E-state index contributed by atoms with van der Waals surface area (Å²) < 4.78 is 5.54. The van der Waals surface area contributed by atoms with Crippen molar-refractivity contribution in [3.8, 4) is 0 Å². The Hall–Kier alpha value is -4.04. The number of thiocarbonyl (C=S) groups is 1. The van der Waals surface area contributed by atoms with E-state index in [1.165, 1.54) is 0 Å². The predicted molar refractivity (Wildman–Crippen MR) is 138 cm³/mol. The SMILES string of the molecule is CCOC(=O)C1C2(NC(=S)C13C(=O)Nc1ccccc13)C(=O)N(Cc1ccccc1)c1ccccc12. The van der Waals surface area contributed by atoms with E-state index in [0.29, 0.717) is 29.0 Å². The summed E-state index contributed by atoms with van der Waals surface area (Å²) in [5.41, 5.74) is 0.157. The molecule has 3 atom stereocenters. The molecule has 3 aliphatic rings. The first-order chi connectivity index (χ1) is 17.5. The molecule has 3 aromatic rings. The van der Waals surface area contributed by atoms with Crippen molar-refractivity contribution in [3.63, 3.8) is 0 Å². The smallest absolute Gasteiger partial charge is 0.314 e. The van der Waals surface area contributed by atoms with Gasteiger partial charge in [-0.2, -0.15) is 0 Å². The molecule has 3 aliphatic heterocycles. The fourth-order valence-electron chi connectivity index (χ4n) is 5.98. The van der Waals surface area contributed by atoms with E-state index in [2.05, 4.69) is 10.6 Å². The molecule has 0 radical (unpaired) electrons. The number of anilines is 2. The molecule has 180 valence electrons. The van der Waals surface area contributed by atoms with Crippen LogP contribution in [-0.4, -0.2) is 29.4 Å². The summed E-state index contributed by atoms with van der Waals surface area (Å²) in [5, 5.41) is 6.11. The van der Waals surface area contributed by atoms with Gasteiger partial charge in [-0.25, -0.2) is 0 Å². The zero-order valence-corrected chi connectivity index (χ0v) is 20.3. The average Bonchev–Trinajstić information content (AvgIpc) is 3.43. The Kier molecular flexibility index (Phi) is 4.98. The van der Waals surface area contributed by atoms with Crippen LogP contribution < -0.4 is 15.5 Å². The number of ether oxygens (including phenoxy) is 1. The maximum Gasteiger partial charge on any atom is 0.314 e. The number of nitrogens with zero attached hydrogens (tertiary/aromatic N) is 1. The molecule has 36 heavy (non-hydrogen) atoms. The molecule has 8 heteroatoms. The van der Waals surface area contributed by atoms with Crippen molar-refractivity contribution >= 4 is 46.4 Å². The largest absolute Gasteiger partial charge is 0.466 e. The van der Waals surface area contributed by atoms with Gasteiger partial charge in [0, 0.05) is 11.3 Å². The number of carbonyl (C=O) groups is 3. The third-order valence-corrected chi connectivity index (χ3v) is 7.83. The normalized spacial score (nSPS) is 25.6. The van der Waals surface area contributed by atoms with Crippen molar-refractivity contribution in [1.82, 2.24) is 5.32 Å². The Morgan fingerprint density at radius 1 is 0.972 bits per heavy atom. The van der Waals surface area contributed by atoms with Crippen LogP contribution in [0.2, 0.25) is 0 Å². The van der Waals surface area contributed by atoms with Gasteiger partial charge in [-0.15, -0.1) is 0 Å². The van der Waals surface area contributed by atoms with E-state index < -0.39 is 28.7 Å². The summed E-state index contributed by atoms with van der Waals surface area (Å²) in [5.74, 6) is -2.68. The summed E-state index contributed by atoms with van der Waals surface area (Å²) in [6, 6.07) is 24.1. The van der Waals surface area contributed by atoms with Crippen LogP contribution in [0.4, 0.5) is 11.4 Å². The first kappa shape index (κ1) is 22.4. The number of carbonyl (C=O) groups excluding carboxylic acids is 3. The minimum Gasteiger partial charge on any atom is -0.466 e. The lowest BCUT2D eigenvalue weighted by molar-refractivity contribution is -0.156. The van der Waals surface area contributed by atoms with Crippen molar-refractivity contribution in [1.29, 1.82) is 0 Å². The summed E-state index contributed by atoms with van der Waals surface area (Å²) in [4.78, 5) is 43.8. The number of amides is 2. The van der Waals surface area contributed by atoms with Crippen molar-refractivity contribution < 1.29 is 19.1 Å². The number of hydrogen-bond donors (Lipinski definition) is 2. The van der Waals surface area contributed by atoms with Gasteiger partial charge >= 0.3 is 5.97 Å². The third kappa shape index (κ3) is 2.73. The Morgan fingerprint density at radius 3 is 2.39 bits per heavy atom. The highest BCUT2D eigenvalue weighted by Gasteiger charge is 2.75. The number of para-hydroxylation sites is 2. The lowest BCUT2D eigenvalue weighted by atomic mass is 9.65. The van der Waals surface area contributed by atoms with Gasteiger partial charge in [0.15, 0.2) is 5.54 Å². The van der Waals surface area contributed by atoms with Crippen molar-refractivity contribution in [3.05, 3.63) is 95.6 Å². The molecule has 0 aliphatic carbocycles. The van der Waals surface area contributed by atoms with Crippen molar-refractivity contribution in [2.45, 2.75) is 24.4 Å². The summed E-state index contributed by atoms with van der Waals surface area (Å²) >= 11 is 5.83. The van der Waals surface area contributed by atoms with E-state index in [9.17, 15) is 14.4 Å². The second-order valence-electron chi connectivity index (χ2n) is 9.15. The van der Waals surface area contributed by atoms with Crippen LogP contribution in [0.15, 0.2) is 78.9 Å². The highest BCUT2D eigenvalue weighted by Crippen LogP contribution is 2.59. The Labute approximate surface area is 213 Å². The second-order valence-corrected chi connectivity index (χ2v) is 9.56. The van der Waals surface area contributed by atoms with Crippen LogP contribution in [0.1, 0.15) is 23.6 Å². The van der Waals surface area contributed by atoms with Gasteiger partial charge in [0.25, 0.3) is 5.91 Å². The van der Waals surface area contributed by atoms with Gasteiger partial charge in [0.05, 0.1) is 23.8 Å². The predicted octanol–water partition coefficient (Wildman–Crippen LogP) is 3.43. The van der Waals surface area contributed by atoms with Crippen molar-refractivity contribution in [2.24, 2.45) is 5.92 Å². The van der Waals surface area contributed by atoms with Crippen LogP contribution >= 0.6 is 12.2 Å². The van der Waals surface area contributed by atoms with Gasteiger partial charge < -0.3 is 20.3 Å². The fraction of sp³-hybridized carbons (Fsp3) is 0.214. The Balaban J connectivity index is 1.59. The minimum atomic E-state index is -1.59. The molecule has 0 saturated carbocycles. The standard InChI is InChI=1S/C28H23N3O4S/c1-2-35-23(32)22-27(18-12-6-8-14-20(18)29-24(27)33)25(36)30-28(22)19-13-7-9-15-21(19)31(26(28)34)16-17-10-4-3-5-11-17/h3-15,22H,2,16H2,1H3,(H,29,33)(H,30,36). The minimum absolute atomic E-state index is 0.0983. The summed E-state index contributed by atoms with van der Waals surface area (Å²) in [6.07, 6.45) is 0. The molecule has 6 rings (SSSR count). The monoisotopic (exact) mass is 497 g/mol. The molecule has 1 fully saturated rings. The number of rotatable bonds is 4. The molecule has 2 amide bonds. The van der Waals surface area contributed by atoms with Gasteiger partial charge in [-0.05, 0) is 30.2 Å². The van der Waals surface area contributed by atoms with E-state index >= 15 is 0 Å². The Morgan fingerprint density at radius 2 is 1.64 bits per heavy atom. The molecular formula is C28H23N3O4S. The maximum atomic E-state index is 14.5. The summed E-state index contributed by atoms with van der Waals surface area (Å²) in [7, 11) is 0. The number of esters is 1. The third-order valence-electron chi connectivity index (χ3n) is 7.40.